The van der Waals surface area contributed by atoms with Crippen molar-refractivity contribution >= 4 is 6.08 Å². The Balaban J connectivity index is 0.000000193. The quantitative estimate of drug-likeness (QED) is 0.750. The predicted molar refractivity (Wildman–Crippen MR) is 117 cm³/mol. The Bertz CT molecular complexity index is 695. The summed E-state index contributed by atoms with van der Waals surface area (Å²) in [6, 6.07) is 20.0. The molecule has 2 nitrogen and oxygen atoms in total. The third kappa shape index (κ3) is 6.97. The molecule has 0 atom stereocenters. The second kappa shape index (κ2) is 10.4. The van der Waals surface area contributed by atoms with E-state index in [-0.39, 0.29) is 0 Å². The van der Waals surface area contributed by atoms with Crippen LogP contribution in [0.15, 0.2) is 60.7 Å². The zero-order chi connectivity index (χ0) is 18.9. The summed E-state index contributed by atoms with van der Waals surface area (Å²) in [5.41, 5.74) is 10.2. The van der Waals surface area contributed by atoms with Crippen molar-refractivity contribution in [3.05, 3.63) is 77.4 Å². The zero-order valence-corrected chi connectivity index (χ0v) is 16.7. The number of hydrogen-bond donors (Lipinski definition) is 1. The second-order valence-corrected chi connectivity index (χ2v) is 7.85. The minimum absolute atomic E-state index is 0.417. The highest BCUT2D eigenvalue weighted by atomic mass is 15.1. The molecule has 2 fully saturated rings. The fourth-order valence-electron chi connectivity index (χ4n) is 3.56. The van der Waals surface area contributed by atoms with Crippen LogP contribution in [0.5, 0.6) is 0 Å². The van der Waals surface area contributed by atoms with Crippen LogP contribution in [-0.2, 0) is 6.54 Å². The van der Waals surface area contributed by atoms with Crippen molar-refractivity contribution in [1.29, 1.82) is 0 Å². The number of rotatable bonds is 5. The van der Waals surface area contributed by atoms with Gasteiger partial charge in [0.15, 0.2) is 0 Å². The van der Waals surface area contributed by atoms with E-state index in [0.29, 0.717) is 6.04 Å². The lowest BCUT2D eigenvalue weighted by Gasteiger charge is -2.30. The Labute approximate surface area is 165 Å². The summed E-state index contributed by atoms with van der Waals surface area (Å²) in [7, 11) is 0. The summed E-state index contributed by atoms with van der Waals surface area (Å²) in [6.07, 6.45) is 10.6. The smallest absolute Gasteiger partial charge is 0.0233 e. The molecule has 4 rings (SSSR count). The minimum Gasteiger partial charge on any atom is -0.328 e. The Kier molecular flexibility index (Phi) is 7.67. The molecule has 27 heavy (non-hydrogen) atoms. The van der Waals surface area contributed by atoms with Crippen LogP contribution in [-0.4, -0.2) is 24.0 Å². The topological polar surface area (TPSA) is 29.3 Å². The first-order chi connectivity index (χ1) is 13.2. The standard InChI is InChI=1S/C16H24N2.C9H10/c1-2-3-5-14-6-4-7-15(12-14)13-18-10-8-16(17)9-11-18;1-2-4-8(5-3-1)9-6-7-9/h3-7,12,16H,2,8-11,13,17H2,1H3;1-5,9H,6-7H2/b5-3+;. The van der Waals surface area contributed by atoms with E-state index < -0.39 is 0 Å². The summed E-state index contributed by atoms with van der Waals surface area (Å²) in [6.45, 7) is 5.49. The maximum Gasteiger partial charge on any atom is 0.0233 e. The molecule has 1 heterocycles. The van der Waals surface area contributed by atoms with E-state index in [1.54, 1.807) is 0 Å². The van der Waals surface area contributed by atoms with Crippen molar-refractivity contribution in [3.63, 3.8) is 0 Å². The van der Waals surface area contributed by atoms with Gasteiger partial charge in [-0.2, -0.15) is 0 Å². The fraction of sp³-hybridized carbons (Fsp3) is 0.440. The first kappa shape index (κ1) is 19.9. The van der Waals surface area contributed by atoms with Crippen LogP contribution >= 0.6 is 0 Å². The molecule has 0 spiro atoms. The average molecular weight is 363 g/mol. The lowest BCUT2D eigenvalue weighted by Crippen LogP contribution is -2.39. The number of nitrogens with two attached hydrogens (primary N) is 1. The van der Waals surface area contributed by atoms with Gasteiger partial charge in [-0.15, -0.1) is 0 Å². The van der Waals surface area contributed by atoms with Crippen LogP contribution in [0.3, 0.4) is 0 Å². The summed E-state index contributed by atoms with van der Waals surface area (Å²) in [5, 5.41) is 0. The van der Waals surface area contributed by atoms with Crippen molar-refractivity contribution in [2.75, 3.05) is 13.1 Å². The van der Waals surface area contributed by atoms with Crippen LogP contribution < -0.4 is 5.73 Å². The fourth-order valence-corrected chi connectivity index (χ4v) is 3.56. The van der Waals surface area contributed by atoms with E-state index >= 15 is 0 Å². The predicted octanol–water partition coefficient (Wildman–Crippen LogP) is 5.60. The third-order valence-corrected chi connectivity index (χ3v) is 5.38. The summed E-state index contributed by atoms with van der Waals surface area (Å²) in [4.78, 5) is 2.51. The van der Waals surface area contributed by atoms with Gasteiger partial charge in [-0.1, -0.05) is 73.7 Å². The van der Waals surface area contributed by atoms with Gasteiger partial charge in [0, 0.05) is 12.6 Å². The molecular weight excluding hydrogens is 328 g/mol. The van der Waals surface area contributed by atoms with Crippen molar-refractivity contribution in [2.24, 2.45) is 5.73 Å². The highest BCUT2D eigenvalue weighted by molar-refractivity contribution is 5.50. The number of piperidine rings is 1. The molecule has 2 aromatic carbocycles. The molecule has 1 saturated heterocycles. The van der Waals surface area contributed by atoms with Crippen molar-refractivity contribution in [1.82, 2.24) is 4.90 Å². The third-order valence-electron chi connectivity index (χ3n) is 5.38. The Morgan fingerprint density at radius 1 is 0.963 bits per heavy atom. The van der Waals surface area contributed by atoms with E-state index in [0.717, 1.165) is 44.8 Å². The maximum absolute atomic E-state index is 5.93. The van der Waals surface area contributed by atoms with E-state index in [9.17, 15) is 0 Å². The lowest BCUT2D eigenvalue weighted by molar-refractivity contribution is 0.205. The molecule has 1 aliphatic carbocycles. The molecule has 0 aromatic heterocycles. The lowest BCUT2D eigenvalue weighted by atomic mass is 10.0. The van der Waals surface area contributed by atoms with Crippen molar-refractivity contribution in [2.45, 2.75) is 57.5 Å². The zero-order valence-electron chi connectivity index (χ0n) is 16.7. The summed E-state index contributed by atoms with van der Waals surface area (Å²) >= 11 is 0. The first-order valence-corrected chi connectivity index (χ1v) is 10.5. The van der Waals surface area contributed by atoms with Crippen LogP contribution in [0.4, 0.5) is 0 Å². The summed E-state index contributed by atoms with van der Waals surface area (Å²) < 4.78 is 0. The van der Waals surface area contributed by atoms with Crippen LogP contribution in [0, 0.1) is 0 Å². The normalized spacial score (nSPS) is 18.3. The molecule has 0 unspecified atom stereocenters. The Morgan fingerprint density at radius 2 is 1.70 bits per heavy atom. The number of hydrogen-bond acceptors (Lipinski definition) is 2. The second-order valence-electron chi connectivity index (χ2n) is 7.85. The van der Waals surface area contributed by atoms with Crippen molar-refractivity contribution in [3.8, 4) is 0 Å². The van der Waals surface area contributed by atoms with E-state index in [4.69, 9.17) is 5.73 Å². The maximum atomic E-state index is 5.93. The summed E-state index contributed by atoms with van der Waals surface area (Å²) in [5.74, 6) is 0.909. The number of nitrogens with zero attached hydrogens (tertiary/aromatic N) is 1. The molecule has 2 N–H and O–H groups in total. The highest BCUT2D eigenvalue weighted by Gasteiger charge is 2.22. The van der Waals surface area contributed by atoms with Crippen LogP contribution in [0.25, 0.3) is 6.08 Å². The van der Waals surface area contributed by atoms with E-state index in [2.05, 4.69) is 78.6 Å². The molecule has 1 aliphatic heterocycles. The molecule has 2 aromatic rings. The largest absolute Gasteiger partial charge is 0.328 e. The molecule has 1 saturated carbocycles. The average Bonchev–Trinajstić information content (AvgIpc) is 3.55. The molecule has 2 aliphatic rings. The van der Waals surface area contributed by atoms with Gasteiger partial charge >= 0.3 is 0 Å². The van der Waals surface area contributed by atoms with Crippen LogP contribution in [0.1, 0.15) is 61.6 Å². The van der Waals surface area contributed by atoms with Gasteiger partial charge in [0.25, 0.3) is 0 Å². The van der Waals surface area contributed by atoms with Crippen LogP contribution in [0.2, 0.25) is 0 Å². The van der Waals surface area contributed by atoms with Gasteiger partial charge in [-0.25, -0.2) is 0 Å². The minimum atomic E-state index is 0.417. The van der Waals surface area contributed by atoms with Gasteiger partial charge in [0.2, 0.25) is 0 Å². The molecular formula is C25H34N2. The first-order valence-electron chi connectivity index (χ1n) is 10.5. The monoisotopic (exact) mass is 362 g/mol. The SMILES string of the molecule is CC/C=C/c1cccc(CN2CCC(N)CC2)c1.c1ccc(C2CC2)cc1. The van der Waals surface area contributed by atoms with Gasteiger partial charge in [0.05, 0.1) is 0 Å². The highest BCUT2D eigenvalue weighted by Crippen LogP contribution is 2.39. The molecule has 0 bridgehead atoms. The Hall–Kier alpha value is -1.90. The van der Waals surface area contributed by atoms with Crippen molar-refractivity contribution < 1.29 is 0 Å². The number of likely N-dealkylation sites (tertiary alicyclic amines) is 1. The van der Waals surface area contributed by atoms with E-state index in [1.807, 2.05) is 0 Å². The molecule has 0 radical (unpaired) electrons. The number of benzene rings is 2. The molecule has 0 amide bonds. The van der Waals surface area contributed by atoms with Gasteiger partial charge < -0.3 is 5.73 Å². The van der Waals surface area contributed by atoms with E-state index in [1.165, 1.54) is 29.5 Å². The van der Waals surface area contributed by atoms with Gasteiger partial charge in [0.1, 0.15) is 0 Å². The molecule has 144 valence electrons. The van der Waals surface area contributed by atoms with Gasteiger partial charge in [-0.05, 0) is 67.8 Å². The number of allylic oxidation sites excluding steroid dienone is 1. The van der Waals surface area contributed by atoms with Gasteiger partial charge in [-0.3, -0.25) is 4.90 Å². The Morgan fingerprint density at radius 3 is 2.37 bits per heavy atom. The molecule has 2 heteroatoms.